The Morgan fingerprint density at radius 2 is 2.35 bits per heavy atom. The van der Waals surface area contributed by atoms with Crippen molar-refractivity contribution in [2.24, 2.45) is 0 Å². The summed E-state index contributed by atoms with van der Waals surface area (Å²) >= 11 is 0. The van der Waals surface area contributed by atoms with Crippen molar-refractivity contribution in [1.29, 1.82) is 0 Å². The minimum atomic E-state index is -0.267. The van der Waals surface area contributed by atoms with E-state index in [-0.39, 0.29) is 11.9 Å². The molecule has 1 aliphatic rings. The van der Waals surface area contributed by atoms with Crippen LogP contribution in [0.25, 0.3) is 0 Å². The second kappa shape index (κ2) is 7.70. The number of hydrogen-bond donors (Lipinski definition) is 1. The van der Waals surface area contributed by atoms with Crippen LogP contribution in [0.2, 0.25) is 0 Å². The molecule has 0 aliphatic carbocycles. The third-order valence-electron chi connectivity index (χ3n) is 4.14. The summed E-state index contributed by atoms with van der Waals surface area (Å²) in [5.41, 5.74) is 0.951. The summed E-state index contributed by atoms with van der Waals surface area (Å²) < 4.78 is 13.0. The Balaban J connectivity index is 1.94. The molecule has 0 saturated carbocycles. The molecule has 1 aromatic heterocycles. The van der Waals surface area contributed by atoms with Crippen molar-refractivity contribution in [3.05, 3.63) is 29.8 Å². The van der Waals surface area contributed by atoms with Gasteiger partial charge in [0.1, 0.15) is 5.82 Å². The molecule has 2 unspecified atom stereocenters. The molecule has 0 spiro atoms. The van der Waals surface area contributed by atoms with Gasteiger partial charge >= 0.3 is 0 Å². The fourth-order valence-electron chi connectivity index (χ4n) is 2.89. The van der Waals surface area contributed by atoms with Crippen LogP contribution in [0.15, 0.2) is 18.3 Å². The van der Waals surface area contributed by atoms with E-state index >= 15 is 0 Å². The zero-order chi connectivity index (χ0) is 14.4. The largest absolute Gasteiger partial charge is 0.309 e. The van der Waals surface area contributed by atoms with Crippen molar-refractivity contribution in [1.82, 2.24) is 15.2 Å². The van der Waals surface area contributed by atoms with Crippen LogP contribution in [0.5, 0.6) is 0 Å². The van der Waals surface area contributed by atoms with E-state index in [1.54, 1.807) is 6.07 Å². The van der Waals surface area contributed by atoms with E-state index < -0.39 is 0 Å². The van der Waals surface area contributed by atoms with Crippen LogP contribution in [-0.2, 0) is 0 Å². The fourth-order valence-corrected chi connectivity index (χ4v) is 2.89. The molecule has 1 aliphatic heterocycles. The smallest absolute Gasteiger partial charge is 0.141 e. The molecule has 112 valence electrons. The molecule has 4 heteroatoms. The van der Waals surface area contributed by atoms with Crippen LogP contribution >= 0.6 is 0 Å². The molecule has 1 saturated heterocycles. The van der Waals surface area contributed by atoms with E-state index in [1.165, 1.54) is 31.6 Å². The predicted molar refractivity (Wildman–Crippen MR) is 80.1 cm³/mol. The van der Waals surface area contributed by atoms with Gasteiger partial charge in [0.15, 0.2) is 0 Å². The van der Waals surface area contributed by atoms with Crippen molar-refractivity contribution in [3.8, 4) is 0 Å². The van der Waals surface area contributed by atoms with E-state index in [0.717, 1.165) is 31.6 Å². The lowest BCUT2D eigenvalue weighted by Crippen LogP contribution is -2.32. The predicted octanol–water partition coefficient (Wildman–Crippen LogP) is 3.14. The third-order valence-corrected chi connectivity index (χ3v) is 4.14. The Morgan fingerprint density at radius 3 is 2.95 bits per heavy atom. The summed E-state index contributed by atoms with van der Waals surface area (Å²) in [6.07, 6.45) is 6.06. The first-order chi connectivity index (χ1) is 9.70. The first-order valence-corrected chi connectivity index (χ1v) is 7.79. The summed E-state index contributed by atoms with van der Waals surface area (Å²) in [5, 5.41) is 3.53. The van der Waals surface area contributed by atoms with Crippen LogP contribution in [0.3, 0.4) is 0 Å². The summed E-state index contributed by atoms with van der Waals surface area (Å²) in [6.45, 7) is 7.72. The maximum absolute atomic E-state index is 13.0. The number of rotatable bonds is 7. The molecule has 3 nitrogen and oxygen atoms in total. The Bertz CT molecular complexity index is 393. The third kappa shape index (κ3) is 4.25. The second-order valence-electron chi connectivity index (χ2n) is 5.72. The molecule has 0 bridgehead atoms. The number of pyridine rings is 1. The fraction of sp³-hybridized carbons (Fsp3) is 0.688. The number of nitrogens with one attached hydrogen (secondary N) is 1. The van der Waals surface area contributed by atoms with Crippen LogP contribution in [0, 0.1) is 5.82 Å². The molecule has 0 aromatic carbocycles. The van der Waals surface area contributed by atoms with E-state index in [4.69, 9.17) is 0 Å². The van der Waals surface area contributed by atoms with E-state index in [2.05, 4.69) is 29.0 Å². The molecule has 2 rings (SSSR count). The quantitative estimate of drug-likeness (QED) is 0.831. The van der Waals surface area contributed by atoms with E-state index in [0.29, 0.717) is 6.04 Å². The van der Waals surface area contributed by atoms with Gasteiger partial charge in [-0.3, -0.25) is 4.98 Å². The maximum Gasteiger partial charge on any atom is 0.141 e. The summed E-state index contributed by atoms with van der Waals surface area (Å²) in [5.74, 6) is -0.267. The Morgan fingerprint density at radius 1 is 1.50 bits per heavy atom. The van der Waals surface area contributed by atoms with Crippen molar-refractivity contribution >= 4 is 0 Å². The lowest BCUT2D eigenvalue weighted by Gasteiger charge is -2.25. The normalized spacial score (nSPS) is 21.2. The molecule has 0 amide bonds. The van der Waals surface area contributed by atoms with Crippen molar-refractivity contribution < 1.29 is 4.39 Å². The van der Waals surface area contributed by atoms with Crippen molar-refractivity contribution in [2.75, 3.05) is 19.6 Å². The van der Waals surface area contributed by atoms with Gasteiger partial charge in [-0.15, -0.1) is 0 Å². The monoisotopic (exact) mass is 279 g/mol. The Labute approximate surface area is 121 Å². The molecule has 2 heterocycles. The lowest BCUT2D eigenvalue weighted by atomic mass is 10.1. The highest BCUT2D eigenvalue weighted by molar-refractivity contribution is 5.10. The van der Waals surface area contributed by atoms with Gasteiger partial charge in [-0.05, 0) is 57.8 Å². The van der Waals surface area contributed by atoms with E-state index in [1.807, 2.05) is 0 Å². The number of likely N-dealkylation sites (tertiary alicyclic amines) is 1. The topological polar surface area (TPSA) is 28.2 Å². The van der Waals surface area contributed by atoms with Crippen molar-refractivity contribution in [3.63, 3.8) is 0 Å². The summed E-state index contributed by atoms with van der Waals surface area (Å²) in [6, 6.07) is 4.23. The Kier molecular flexibility index (Phi) is 5.92. The molecular weight excluding hydrogens is 253 g/mol. The second-order valence-corrected chi connectivity index (χ2v) is 5.72. The minimum Gasteiger partial charge on any atom is -0.309 e. The number of aromatic nitrogens is 1. The molecule has 1 aromatic rings. The first-order valence-electron chi connectivity index (χ1n) is 7.79. The molecule has 0 radical (unpaired) electrons. The highest BCUT2D eigenvalue weighted by Gasteiger charge is 2.21. The van der Waals surface area contributed by atoms with Gasteiger partial charge < -0.3 is 10.2 Å². The van der Waals surface area contributed by atoms with Gasteiger partial charge in [-0.25, -0.2) is 4.39 Å². The minimum absolute atomic E-state index is 0.225. The molecule has 2 atom stereocenters. The molecular formula is C16H26FN3. The zero-order valence-corrected chi connectivity index (χ0v) is 12.6. The zero-order valence-electron chi connectivity index (χ0n) is 12.6. The standard InChI is InChI=1S/C16H26FN3/c1-3-9-18-16(15-7-6-14(17)12-19-15)8-11-20-10-4-5-13(20)2/h6-7,12-13,16,18H,3-5,8-11H2,1-2H3. The number of nitrogens with zero attached hydrogens (tertiary/aromatic N) is 2. The average molecular weight is 279 g/mol. The lowest BCUT2D eigenvalue weighted by molar-refractivity contribution is 0.251. The van der Waals surface area contributed by atoms with Crippen LogP contribution < -0.4 is 5.32 Å². The van der Waals surface area contributed by atoms with Gasteiger partial charge in [0.05, 0.1) is 17.9 Å². The first kappa shape index (κ1) is 15.4. The molecule has 1 N–H and O–H groups in total. The molecule has 1 fully saturated rings. The average Bonchev–Trinajstić information content (AvgIpc) is 2.86. The van der Waals surface area contributed by atoms with E-state index in [9.17, 15) is 4.39 Å². The maximum atomic E-state index is 13.0. The highest BCUT2D eigenvalue weighted by atomic mass is 19.1. The van der Waals surface area contributed by atoms with Crippen LogP contribution in [0.4, 0.5) is 4.39 Å². The van der Waals surface area contributed by atoms with Gasteiger partial charge in [0, 0.05) is 12.6 Å². The van der Waals surface area contributed by atoms with Crippen LogP contribution in [-0.4, -0.2) is 35.6 Å². The van der Waals surface area contributed by atoms with Gasteiger partial charge in [0.25, 0.3) is 0 Å². The van der Waals surface area contributed by atoms with Gasteiger partial charge in [0.2, 0.25) is 0 Å². The van der Waals surface area contributed by atoms with Crippen LogP contribution in [0.1, 0.15) is 51.3 Å². The number of hydrogen-bond acceptors (Lipinski definition) is 3. The molecule has 20 heavy (non-hydrogen) atoms. The number of halogens is 1. The van der Waals surface area contributed by atoms with Gasteiger partial charge in [-0.2, -0.15) is 0 Å². The summed E-state index contributed by atoms with van der Waals surface area (Å²) in [4.78, 5) is 6.79. The van der Waals surface area contributed by atoms with Gasteiger partial charge in [-0.1, -0.05) is 6.92 Å². The SMILES string of the molecule is CCCNC(CCN1CCCC1C)c1ccc(F)cn1. The highest BCUT2D eigenvalue weighted by Crippen LogP contribution is 2.20. The summed E-state index contributed by atoms with van der Waals surface area (Å²) in [7, 11) is 0. The Hall–Kier alpha value is -1.00. The van der Waals surface area contributed by atoms with Crippen molar-refractivity contribution in [2.45, 2.75) is 51.6 Å².